The van der Waals surface area contributed by atoms with Crippen molar-refractivity contribution in [1.29, 1.82) is 0 Å². The average molecular weight is 303 g/mol. The Balaban J connectivity index is 1.68. The highest BCUT2D eigenvalue weighted by atomic mass is 16.1. The Labute approximate surface area is 136 Å². The average Bonchev–Trinajstić information content (AvgIpc) is 2.85. The van der Waals surface area contributed by atoms with E-state index in [0.29, 0.717) is 22.5 Å². The van der Waals surface area contributed by atoms with Crippen LogP contribution in [-0.4, -0.2) is 5.78 Å². The lowest BCUT2D eigenvalue weighted by molar-refractivity contribution is -0.162. The van der Waals surface area contributed by atoms with Crippen LogP contribution in [0.3, 0.4) is 0 Å². The van der Waals surface area contributed by atoms with Gasteiger partial charge in [-0.3, -0.25) is 4.79 Å². The summed E-state index contributed by atoms with van der Waals surface area (Å²) in [7, 11) is 0. The minimum atomic E-state index is -0.0750. The summed E-state index contributed by atoms with van der Waals surface area (Å²) in [5.74, 6) is 4.02. The molecule has 4 aliphatic carbocycles. The molecule has 0 bridgehead atoms. The van der Waals surface area contributed by atoms with Crippen molar-refractivity contribution in [2.75, 3.05) is 0 Å². The third-order valence-corrected chi connectivity index (χ3v) is 9.13. The van der Waals surface area contributed by atoms with Crippen molar-refractivity contribution in [3.05, 3.63) is 0 Å². The van der Waals surface area contributed by atoms with E-state index in [2.05, 4.69) is 27.7 Å². The highest BCUT2D eigenvalue weighted by Gasteiger charge is 2.61. The van der Waals surface area contributed by atoms with Crippen LogP contribution in [0.15, 0.2) is 0 Å². The molecule has 0 aromatic rings. The lowest BCUT2D eigenvalue weighted by Gasteiger charge is -2.62. The highest BCUT2D eigenvalue weighted by molar-refractivity contribution is 5.85. The van der Waals surface area contributed by atoms with Crippen LogP contribution < -0.4 is 0 Å². The summed E-state index contributed by atoms with van der Waals surface area (Å²) < 4.78 is 0. The zero-order chi connectivity index (χ0) is 15.8. The molecule has 1 nitrogen and oxygen atoms in total. The molecule has 4 aliphatic rings. The predicted octanol–water partition coefficient (Wildman–Crippen LogP) is 5.62. The van der Waals surface area contributed by atoms with Gasteiger partial charge in [-0.15, -0.1) is 0 Å². The summed E-state index contributed by atoms with van der Waals surface area (Å²) in [4.78, 5) is 12.5. The van der Waals surface area contributed by atoms with E-state index in [0.717, 1.165) is 24.2 Å². The van der Waals surface area contributed by atoms with Crippen LogP contribution in [0.1, 0.15) is 85.5 Å². The largest absolute Gasteiger partial charge is 0.299 e. The summed E-state index contributed by atoms with van der Waals surface area (Å²) >= 11 is 0. The van der Waals surface area contributed by atoms with Gasteiger partial charge in [-0.05, 0) is 79.4 Å². The summed E-state index contributed by atoms with van der Waals surface area (Å²) in [5, 5.41) is 0. The number of ketones is 1. The van der Waals surface area contributed by atoms with E-state index in [9.17, 15) is 4.79 Å². The maximum atomic E-state index is 12.5. The quantitative estimate of drug-likeness (QED) is 0.567. The number of Topliss-reactive ketones (excluding diaryl/α,β-unsaturated/α-hetero) is 1. The minimum Gasteiger partial charge on any atom is -0.299 e. The molecule has 0 aromatic heterocycles. The van der Waals surface area contributed by atoms with Crippen LogP contribution in [0.5, 0.6) is 0 Å². The molecule has 0 heterocycles. The fourth-order valence-corrected chi connectivity index (χ4v) is 7.89. The van der Waals surface area contributed by atoms with Gasteiger partial charge < -0.3 is 0 Å². The summed E-state index contributed by atoms with van der Waals surface area (Å²) in [6, 6.07) is 0. The van der Waals surface area contributed by atoms with Crippen molar-refractivity contribution >= 4 is 5.78 Å². The van der Waals surface area contributed by atoms with E-state index in [1.54, 1.807) is 0 Å². The van der Waals surface area contributed by atoms with Crippen LogP contribution in [0, 0.1) is 39.9 Å². The molecular formula is C21H34O. The number of carbonyl (C=O) groups is 1. The third kappa shape index (κ3) is 1.80. The van der Waals surface area contributed by atoms with Gasteiger partial charge in [0.2, 0.25) is 0 Å². The molecule has 0 spiro atoms. The fourth-order valence-electron chi connectivity index (χ4n) is 7.89. The van der Waals surface area contributed by atoms with Crippen LogP contribution in [-0.2, 0) is 4.79 Å². The van der Waals surface area contributed by atoms with E-state index in [1.807, 2.05) is 0 Å². The third-order valence-electron chi connectivity index (χ3n) is 9.13. The van der Waals surface area contributed by atoms with E-state index in [1.165, 1.54) is 51.4 Å². The summed E-state index contributed by atoms with van der Waals surface area (Å²) in [5.41, 5.74) is 1.02. The molecule has 0 amide bonds. The number of hydrogen-bond donors (Lipinski definition) is 0. The molecule has 4 fully saturated rings. The molecule has 4 rings (SSSR count). The van der Waals surface area contributed by atoms with E-state index in [-0.39, 0.29) is 5.41 Å². The fraction of sp³-hybridized carbons (Fsp3) is 0.952. The second-order valence-corrected chi connectivity index (χ2v) is 10.2. The first-order valence-corrected chi connectivity index (χ1v) is 9.82. The van der Waals surface area contributed by atoms with Crippen molar-refractivity contribution in [3.8, 4) is 0 Å². The molecule has 0 unspecified atom stereocenters. The number of rotatable bonds is 0. The second-order valence-electron chi connectivity index (χ2n) is 10.2. The van der Waals surface area contributed by atoms with Gasteiger partial charge in [-0.25, -0.2) is 0 Å². The Kier molecular flexibility index (Phi) is 3.18. The zero-order valence-electron chi connectivity index (χ0n) is 15.1. The Morgan fingerprint density at radius 1 is 0.864 bits per heavy atom. The highest BCUT2D eigenvalue weighted by Crippen LogP contribution is 2.68. The smallest absolute Gasteiger partial charge is 0.138 e. The molecule has 0 saturated heterocycles. The first-order chi connectivity index (χ1) is 10.3. The van der Waals surface area contributed by atoms with Crippen LogP contribution in [0.25, 0.3) is 0 Å². The molecule has 4 saturated carbocycles. The van der Waals surface area contributed by atoms with Gasteiger partial charge in [0.05, 0.1) is 0 Å². The van der Waals surface area contributed by atoms with Crippen LogP contribution in [0.4, 0.5) is 0 Å². The molecule has 124 valence electrons. The predicted molar refractivity (Wildman–Crippen MR) is 90.5 cm³/mol. The maximum absolute atomic E-state index is 12.5. The topological polar surface area (TPSA) is 17.1 Å². The lowest BCUT2D eigenvalue weighted by atomic mass is 9.41. The van der Waals surface area contributed by atoms with Gasteiger partial charge in [0.15, 0.2) is 0 Å². The molecule has 0 aliphatic heterocycles. The van der Waals surface area contributed by atoms with Gasteiger partial charge in [0.25, 0.3) is 0 Å². The van der Waals surface area contributed by atoms with Gasteiger partial charge >= 0.3 is 0 Å². The Bertz CT molecular complexity index is 492. The summed E-state index contributed by atoms with van der Waals surface area (Å²) in [6.07, 6.45) is 12.0. The summed E-state index contributed by atoms with van der Waals surface area (Å²) in [6.45, 7) is 9.66. The number of hydrogen-bond acceptors (Lipinski definition) is 1. The van der Waals surface area contributed by atoms with E-state index >= 15 is 0 Å². The molecule has 0 radical (unpaired) electrons. The van der Waals surface area contributed by atoms with Crippen molar-refractivity contribution < 1.29 is 4.79 Å². The Morgan fingerprint density at radius 2 is 1.64 bits per heavy atom. The molecule has 0 aromatic carbocycles. The van der Waals surface area contributed by atoms with E-state index < -0.39 is 0 Å². The van der Waals surface area contributed by atoms with Gasteiger partial charge in [-0.2, -0.15) is 0 Å². The Hall–Kier alpha value is -0.330. The van der Waals surface area contributed by atoms with Crippen LogP contribution in [0.2, 0.25) is 0 Å². The lowest BCUT2D eigenvalue weighted by Crippen LogP contribution is -2.57. The van der Waals surface area contributed by atoms with Crippen molar-refractivity contribution in [3.63, 3.8) is 0 Å². The molecule has 0 N–H and O–H groups in total. The van der Waals surface area contributed by atoms with Crippen LogP contribution >= 0.6 is 0 Å². The normalized spacial score (nSPS) is 53.5. The molecule has 6 atom stereocenters. The second kappa shape index (κ2) is 4.61. The molecule has 1 heteroatoms. The minimum absolute atomic E-state index is 0.0750. The van der Waals surface area contributed by atoms with E-state index in [4.69, 9.17) is 0 Å². The monoisotopic (exact) mass is 302 g/mol. The Morgan fingerprint density at radius 3 is 2.41 bits per heavy atom. The number of fused-ring (bicyclic) bond motifs is 5. The van der Waals surface area contributed by atoms with Crippen molar-refractivity contribution in [2.45, 2.75) is 85.5 Å². The maximum Gasteiger partial charge on any atom is 0.138 e. The SMILES string of the molecule is CC1(C)C(=O)CC[C@]2(C)[C@H]3CC[C@]4(C)CCC[C@H]4[C@@H]3CC[C@@H]12. The van der Waals surface area contributed by atoms with Gasteiger partial charge in [0.1, 0.15) is 5.78 Å². The standard InChI is InChI=1S/C21H34O/c1-19(2)17-8-7-14-15-6-5-11-20(15,3)12-9-16(14)21(17,4)13-10-18(19)22/h14-17H,5-13H2,1-4H3/t14-,15-,16-,17-,20-,21+/m0/s1. The molecule has 22 heavy (non-hydrogen) atoms. The van der Waals surface area contributed by atoms with Gasteiger partial charge in [0, 0.05) is 11.8 Å². The molecular weight excluding hydrogens is 268 g/mol. The zero-order valence-corrected chi connectivity index (χ0v) is 15.1. The first kappa shape index (κ1) is 15.2. The van der Waals surface area contributed by atoms with Gasteiger partial charge in [-0.1, -0.05) is 34.1 Å². The number of carbonyl (C=O) groups excluding carboxylic acids is 1. The first-order valence-electron chi connectivity index (χ1n) is 9.82. The van der Waals surface area contributed by atoms with Crippen molar-refractivity contribution in [1.82, 2.24) is 0 Å². The van der Waals surface area contributed by atoms with Crippen molar-refractivity contribution in [2.24, 2.45) is 39.9 Å².